The van der Waals surface area contributed by atoms with E-state index >= 15 is 0 Å². The largest absolute Gasteiger partial charge is 0.496 e. The molecule has 0 unspecified atom stereocenters. The lowest BCUT2D eigenvalue weighted by atomic mass is 10.3. The van der Waals surface area contributed by atoms with Gasteiger partial charge in [-0.2, -0.15) is 0 Å². The SMILES string of the molecule is CCOc1ccc2nc(NS(=O)(=O)c3ccc(Br)c(OC)c3)sc2c1. The van der Waals surface area contributed by atoms with Crippen LogP contribution in [0.15, 0.2) is 45.8 Å². The molecule has 3 rings (SSSR count). The van der Waals surface area contributed by atoms with E-state index < -0.39 is 10.0 Å². The van der Waals surface area contributed by atoms with E-state index in [9.17, 15) is 8.42 Å². The van der Waals surface area contributed by atoms with Gasteiger partial charge in [0.05, 0.1) is 33.3 Å². The zero-order chi connectivity index (χ0) is 18.0. The van der Waals surface area contributed by atoms with Crippen LogP contribution in [0, 0.1) is 0 Å². The molecule has 0 spiro atoms. The second-order valence-electron chi connectivity index (χ2n) is 4.98. The van der Waals surface area contributed by atoms with Crippen LogP contribution >= 0.6 is 27.3 Å². The van der Waals surface area contributed by atoms with Crippen LogP contribution in [0.2, 0.25) is 0 Å². The minimum Gasteiger partial charge on any atom is -0.496 e. The number of fused-ring (bicyclic) bond motifs is 1. The summed E-state index contributed by atoms with van der Waals surface area (Å²) in [6.45, 7) is 2.47. The highest BCUT2D eigenvalue weighted by Gasteiger charge is 2.18. The Morgan fingerprint density at radius 1 is 1.24 bits per heavy atom. The van der Waals surface area contributed by atoms with Crippen LogP contribution in [-0.2, 0) is 10.0 Å². The Balaban J connectivity index is 1.91. The van der Waals surface area contributed by atoms with Gasteiger partial charge in [0.25, 0.3) is 10.0 Å². The molecular formula is C16H15BrN2O4S2. The maximum atomic E-state index is 12.6. The number of aromatic nitrogens is 1. The summed E-state index contributed by atoms with van der Waals surface area (Å²) in [6.07, 6.45) is 0. The van der Waals surface area contributed by atoms with Crippen LogP contribution in [0.1, 0.15) is 6.92 Å². The molecule has 0 bridgehead atoms. The molecular weight excluding hydrogens is 428 g/mol. The number of rotatable bonds is 6. The zero-order valence-corrected chi connectivity index (χ0v) is 16.7. The molecule has 0 fully saturated rings. The molecule has 0 atom stereocenters. The first-order valence-electron chi connectivity index (χ1n) is 7.32. The summed E-state index contributed by atoms with van der Waals surface area (Å²) >= 11 is 4.55. The van der Waals surface area contributed by atoms with E-state index in [1.807, 2.05) is 19.1 Å². The quantitative estimate of drug-likeness (QED) is 0.616. The Morgan fingerprint density at radius 2 is 2.04 bits per heavy atom. The number of thiazole rings is 1. The monoisotopic (exact) mass is 442 g/mol. The second kappa shape index (κ2) is 7.19. The summed E-state index contributed by atoms with van der Waals surface area (Å²) in [7, 11) is -2.29. The highest BCUT2D eigenvalue weighted by Crippen LogP contribution is 2.32. The van der Waals surface area contributed by atoms with Crippen molar-refractivity contribution >= 4 is 52.6 Å². The third-order valence-corrected chi connectivity index (χ3v) is 6.38. The lowest BCUT2D eigenvalue weighted by molar-refractivity contribution is 0.341. The fourth-order valence-corrected chi connectivity index (χ4v) is 4.74. The Hall–Kier alpha value is -1.84. The third-order valence-electron chi connectivity index (χ3n) is 3.33. The van der Waals surface area contributed by atoms with E-state index in [1.54, 1.807) is 12.1 Å². The zero-order valence-electron chi connectivity index (χ0n) is 13.4. The lowest BCUT2D eigenvalue weighted by Gasteiger charge is -2.08. The van der Waals surface area contributed by atoms with Gasteiger partial charge in [0, 0.05) is 6.07 Å². The molecule has 0 saturated carbocycles. The first kappa shape index (κ1) is 18.0. The molecule has 9 heteroatoms. The van der Waals surface area contributed by atoms with Crippen LogP contribution in [0.3, 0.4) is 0 Å². The minimum atomic E-state index is -3.76. The molecule has 1 heterocycles. The van der Waals surface area contributed by atoms with E-state index in [1.165, 1.54) is 30.6 Å². The van der Waals surface area contributed by atoms with Crippen molar-refractivity contribution in [3.05, 3.63) is 40.9 Å². The fraction of sp³-hybridized carbons (Fsp3) is 0.188. The van der Waals surface area contributed by atoms with E-state index in [4.69, 9.17) is 9.47 Å². The maximum absolute atomic E-state index is 12.6. The molecule has 132 valence electrons. The smallest absolute Gasteiger partial charge is 0.263 e. The highest BCUT2D eigenvalue weighted by atomic mass is 79.9. The van der Waals surface area contributed by atoms with Gasteiger partial charge in [0.15, 0.2) is 5.13 Å². The number of anilines is 1. The molecule has 0 aliphatic rings. The van der Waals surface area contributed by atoms with Gasteiger partial charge in [-0.15, -0.1) is 0 Å². The predicted octanol–water partition coefficient (Wildman–Crippen LogP) is 4.27. The second-order valence-corrected chi connectivity index (χ2v) is 8.55. The summed E-state index contributed by atoms with van der Waals surface area (Å²) in [6, 6.07) is 10.0. The van der Waals surface area contributed by atoms with Gasteiger partial charge in [-0.05, 0) is 53.2 Å². The Morgan fingerprint density at radius 3 is 2.76 bits per heavy atom. The van der Waals surface area contributed by atoms with Gasteiger partial charge >= 0.3 is 0 Å². The van der Waals surface area contributed by atoms with Crippen LogP contribution in [0.5, 0.6) is 11.5 Å². The van der Waals surface area contributed by atoms with E-state index in [0.717, 1.165) is 10.4 Å². The number of nitrogens with zero attached hydrogens (tertiary/aromatic N) is 1. The molecule has 2 aromatic carbocycles. The molecule has 0 radical (unpaired) electrons. The van der Waals surface area contributed by atoms with E-state index in [0.29, 0.717) is 27.5 Å². The average Bonchev–Trinajstić information content (AvgIpc) is 2.96. The Bertz CT molecular complexity index is 1020. The highest BCUT2D eigenvalue weighted by molar-refractivity contribution is 9.10. The lowest BCUT2D eigenvalue weighted by Crippen LogP contribution is -2.12. The summed E-state index contributed by atoms with van der Waals surface area (Å²) < 4.78 is 39.8. The summed E-state index contributed by atoms with van der Waals surface area (Å²) in [5.74, 6) is 1.17. The number of halogens is 1. The Labute approximate surface area is 158 Å². The van der Waals surface area contributed by atoms with Crippen molar-refractivity contribution in [2.45, 2.75) is 11.8 Å². The van der Waals surface area contributed by atoms with Crippen molar-refractivity contribution in [1.82, 2.24) is 4.98 Å². The topological polar surface area (TPSA) is 77.5 Å². The molecule has 25 heavy (non-hydrogen) atoms. The maximum Gasteiger partial charge on any atom is 0.263 e. The standard InChI is InChI=1S/C16H15BrN2O4S2/c1-3-23-10-4-7-13-15(8-10)24-16(18-13)19-25(20,21)11-5-6-12(17)14(9-11)22-2/h4-9H,3H2,1-2H3,(H,18,19). The number of ether oxygens (including phenoxy) is 2. The normalized spacial score (nSPS) is 11.5. The van der Waals surface area contributed by atoms with Gasteiger partial charge in [0.2, 0.25) is 0 Å². The summed E-state index contributed by atoms with van der Waals surface area (Å²) in [4.78, 5) is 4.42. The van der Waals surface area contributed by atoms with Crippen LogP contribution < -0.4 is 14.2 Å². The van der Waals surface area contributed by atoms with Crippen LogP contribution in [0.25, 0.3) is 10.2 Å². The number of nitrogens with one attached hydrogen (secondary N) is 1. The number of hydrogen-bond donors (Lipinski definition) is 1. The number of benzene rings is 2. The van der Waals surface area contributed by atoms with Gasteiger partial charge in [-0.1, -0.05) is 11.3 Å². The van der Waals surface area contributed by atoms with Gasteiger partial charge in [-0.3, -0.25) is 4.72 Å². The molecule has 1 N–H and O–H groups in total. The Kier molecular flexibility index (Phi) is 5.16. The summed E-state index contributed by atoms with van der Waals surface area (Å²) in [5, 5.41) is 0.297. The first-order chi connectivity index (χ1) is 11.9. The van der Waals surface area contributed by atoms with Crippen LogP contribution in [-0.4, -0.2) is 27.1 Å². The van der Waals surface area contributed by atoms with Crippen molar-refractivity contribution in [1.29, 1.82) is 0 Å². The van der Waals surface area contributed by atoms with E-state index in [2.05, 4.69) is 25.6 Å². The number of sulfonamides is 1. The number of methoxy groups -OCH3 is 1. The van der Waals surface area contributed by atoms with Crippen molar-refractivity contribution in [3.63, 3.8) is 0 Å². The molecule has 1 aromatic heterocycles. The van der Waals surface area contributed by atoms with Crippen molar-refractivity contribution in [2.75, 3.05) is 18.4 Å². The summed E-state index contributed by atoms with van der Waals surface area (Å²) in [5.41, 5.74) is 0.708. The van der Waals surface area contributed by atoms with Gasteiger partial charge in [0.1, 0.15) is 11.5 Å². The average molecular weight is 443 g/mol. The van der Waals surface area contributed by atoms with Crippen molar-refractivity contribution < 1.29 is 17.9 Å². The van der Waals surface area contributed by atoms with Crippen molar-refractivity contribution in [3.8, 4) is 11.5 Å². The molecule has 0 aliphatic carbocycles. The molecule has 0 saturated heterocycles. The predicted molar refractivity (Wildman–Crippen MR) is 102 cm³/mol. The minimum absolute atomic E-state index is 0.0989. The fourth-order valence-electron chi connectivity index (χ4n) is 2.19. The molecule has 6 nitrogen and oxygen atoms in total. The van der Waals surface area contributed by atoms with Gasteiger partial charge in [-0.25, -0.2) is 13.4 Å². The molecule has 0 aliphatic heterocycles. The number of hydrogen-bond acceptors (Lipinski definition) is 6. The third kappa shape index (κ3) is 3.88. The van der Waals surface area contributed by atoms with E-state index in [-0.39, 0.29) is 4.90 Å². The molecule has 0 amide bonds. The van der Waals surface area contributed by atoms with Gasteiger partial charge < -0.3 is 9.47 Å². The van der Waals surface area contributed by atoms with Crippen LogP contribution in [0.4, 0.5) is 5.13 Å². The first-order valence-corrected chi connectivity index (χ1v) is 10.4. The van der Waals surface area contributed by atoms with Crippen molar-refractivity contribution in [2.24, 2.45) is 0 Å². The molecule has 3 aromatic rings.